The van der Waals surface area contributed by atoms with Crippen molar-refractivity contribution < 1.29 is 0 Å². The van der Waals surface area contributed by atoms with Crippen LogP contribution >= 0.6 is 0 Å². The molecule has 162 valence electrons. The molecule has 0 amide bonds. The molecular formula is C22H49N5. The highest BCUT2D eigenvalue weighted by molar-refractivity contribution is 4.76. The third kappa shape index (κ3) is 10.2. The maximum atomic E-state index is 3.55. The van der Waals surface area contributed by atoms with Gasteiger partial charge in [0.2, 0.25) is 0 Å². The Kier molecular flexibility index (Phi) is 12.1. The third-order valence-corrected chi connectivity index (χ3v) is 5.85. The Labute approximate surface area is 170 Å². The van der Waals surface area contributed by atoms with Crippen LogP contribution in [0.15, 0.2) is 0 Å². The standard InChI is InChI=1S/C22H49N5/c1-19(2)23-9-10-26(20(3)4)17-15-24-11-13-25(14-12-24)16-18-27(21(5)6)22(7)8/h19-23H,9-18H2,1-8H3. The van der Waals surface area contributed by atoms with E-state index in [0.717, 1.165) is 13.1 Å². The molecule has 1 heterocycles. The minimum absolute atomic E-state index is 0.578. The van der Waals surface area contributed by atoms with E-state index in [9.17, 15) is 0 Å². The third-order valence-electron chi connectivity index (χ3n) is 5.85. The maximum absolute atomic E-state index is 3.55. The van der Waals surface area contributed by atoms with Crippen LogP contribution in [0, 0.1) is 0 Å². The lowest BCUT2D eigenvalue weighted by molar-refractivity contribution is 0.0908. The molecule has 0 atom stereocenters. The Hall–Kier alpha value is -0.200. The van der Waals surface area contributed by atoms with Crippen LogP contribution in [0.3, 0.4) is 0 Å². The van der Waals surface area contributed by atoms with E-state index in [2.05, 4.69) is 80.3 Å². The number of hydrogen-bond acceptors (Lipinski definition) is 5. The Morgan fingerprint density at radius 2 is 1.15 bits per heavy atom. The zero-order valence-electron chi connectivity index (χ0n) is 19.7. The summed E-state index contributed by atoms with van der Waals surface area (Å²) in [5.74, 6) is 0. The van der Waals surface area contributed by atoms with Crippen molar-refractivity contribution in [3.05, 3.63) is 0 Å². The Morgan fingerprint density at radius 1 is 0.667 bits per heavy atom. The molecule has 1 N–H and O–H groups in total. The Bertz CT molecular complexity index is 354. The molecule has 27 heavy (non-hydrogen) atoms. The minimum Gasteiger partial charge on any atom is -0.313 e. The van der Waals surface area contributed by atoms with Gasteiger partial charge < -0.3 is 5.32 Å². The topological polar surface area (TPSA) is 25.0 Å². The molecule has 1 rings (SSSR count). The van der Waals surface area contributed by atoms with Gasteiger partial charge in [-0.2, -0.15) is 0 Å². The zero-order valence-corrected chi connectivity index (χ0v) is 19.7. The van der Waals surface area contributed by atoms with Crippen LogP contribution in [0.1, 0.15) is 55.4 Å². The summed E-state index contributed by atoms with van der Waals surface area (Å²) in [6.07, 6.45) is 0. The van der Waals surface area contributed by atoms with Gasteiger partial charge in [0.25, 0.3) is 0 Å². The molecule has 5 nitrogen and oxygen atoms in total. The van der Waals surface area contributed by atoms with E-state index in [1.165, 1.54) is 52.4 Å². The summed E-state index contributed by atoms with van der Waals surface area (Å²) in [6.45, 7) is 30.3. The molecule has 1 saturated heterocycles. The van der Waals surface area contributed by atoms with E-state index >= 15 is 0 Å². The van der Waals surface area contributed by atoms with Crippen molar-refractivity contribution in [3.63, 3.8) is 0 Å². The first-order valence-electron chi connectivity index (χ1n) is 11.4. The number of rotatable bonds is 13. The van der Waals surface area contributed by atoms with Gasteiger partial charge in [-0.1, -0.05) is 13.8 Å². The highest BCUT2D eigenvalue weighted by Gasteiger charge is 2.20. The van der Waals surface area contributed by atoms with E-state index in [-0.39, 0.29) is 0 Å². The fourth-order valence-corrected chi connectivity index (χ4v) is 4.00. The van der Waals surface area contributed by atoms with Crippen molar-refractivity contribution in [1.82, 2.24) is 24.9 Å². The van der Waals surface area contributed by atoms with E-state index in [4.69, 9.17) is 0 Å². The van der Waals surface area contributed by atoms with Crippen LogP contribution in [0.4, 0.5) is 0 Å². The fraction of sp³-hybridized carbons (Fsp3) is 1.00. The monoisotopic (exact) mass is 383 g/mol. The average molecular weight is 384 g/mol. The van der Waals surface area contributed by atoms with Crippen LogP contribution in [0.25, 0.3) is 0 Å². The largest absolute Gasteiger partial charge is 0.313 e. The van der Waals surface area contributed by atoms with Gasteiger partial charge in [0.05, 0.1) is 0 Å². The summed E-state index contributed by atoms with van der Waals surface area (Å²) in [7, 11) is 0. The van der Waals surface area contributed by atoms with Crippen molar-refractivity contribution >= 4 is 0 Å². The van der Waals surface area contributed by atoms with Crippen LogP contribution in [-0.4, -0.2) is 109 Å². The van der Waals surface area contributed by atoms with Crippen LogP contribution in [0.2, 0.25) is 0 Å². The molecule has 5 heteroatoms. The van der Waals surface area contributed by atoms with Gasteiger partial charge in [0, 0.05) is 89.6 Å². The summed E-state index contributed by atoms with van der Waals surface area (Å²) in [5, 5.41) is 3.55. The highest BCUT2D eigenvalue weighted by Crippen LogP contribution is 2.07. The molecule has 1 aliphatic heterocycles. The SMILES string of the molecule is CC(C)NCCN(CCN1CCN(CCN(C(C)C)C(C)C)CC1)C(C)C. The molecule has 0 aromatic carbocycles. The van der Waals surface area contributed by atoms with Crippen LogP contribution in [-0.2, 0) is 0 Å². The molecule has 0 bridgehead atoms. The number of nitrogens with zero attached hydrogens (tertiary/aromatic N) is 4. The maximum Gasteiger partial charge on any atom is 0.0115 e. The molecule has 0 unspecified atom stereocenters. The van der Waals surface area contributed by atoms with Crippen molar-refractivity contribution in [3.8, 4) is 0 Å². The first-order valence-corrected chi connectivity index (χ1v) is 11.4. The molecular weight excluding hydrogens is 334 g/mol. The molecule has 1 aliphatic rings. The lowest BCUT2D eigenvalue weighted by atomic mass is 10.2. The molecule has 1 fully saturated rings. The second-order valence-corrected chi connectivity index (χ2v) is 9.35. The number of piperazine rings is 1. The summed E-state index contributed by atoms with van der Waals surface area (Å²) in [5.41, 5.74) is 0. The van der Waals surface area contributed by atoms with Crippen molar-refractivity contribution in [2.24, 2.45) is 0 Å². The molecule has 0 spiro atoms. The van der Waals surface area contributed by atoms with E-state index < -0.39 is 0 Å². The van der Waals surface area contributed by atoms with Gasteiger partial charge in [-0.3, -0.25) is 19.6 Å². The highest BCUT2D eigenvalue weighted by atomic mass is 15.3. The molecule has 0 aromatic rings. The van der Waals surface area contributed by atoms with Gasteiger partial charge in [0.1, 0.15) is 0 Å². The normalized spacial score (nSPS) is 17.6. The van der Waals surface area contributed by atoms with Crippen LogP contribution in [0.5, 0.6) is 0 Å². The zero-order chi connectivity index (χ0) is 20.4. The minimum atomic E-state index is 0.578. The lowest BCUT2D eigenvalue weighted by Gasteiger charge is -2.38. The summed E-state index contributed by atoms with van der Waals surface area (Å²) < 4.78 is 0. The second kappa shape index (κ2) is 13.1. The van der Waals surface area contributed by atoms with Crippen molar-refractivity contribution in [2.45, 2.75) is 79.6 Å². The van der Waals surface area contributed by atoms with E-state index in [1.54, 1.807) is 0 Å². The smallest absolute Gasteiger partial charge is 0.0115 e. The van der Waals surface area contributed by atoms with Crippen LogP contribution < -0.4 is 5.32 Å². The predicted molar refractivity (Wildman–Crippen MR) is 120 cm³/mol. The van der Waals surface area contributed by atoms with E-state index in [1.807, 2.05) is 0 Å². The van der Waals surface area contributed by atoms with Crippen molar-refractivity contribution in [2.75, 3.05) is 65.4 Å². The Morgan fingerprint density at radius 3 is 1.56 bits per heavy atom. The average Bonchev–Trinajstić information content (AvgIpc) is 2.58. The molecule has 0 saturated carbocycles. The second-order valence-electron chi connectivity index (χ2n) is 9.35. The summed E-state index contributed by atoms with van der Waals surface area (Å²) in [4.78, 5) is 10.5. The Balaban J connectivity index is 2.27. The number of nitrogens with one attached hydrogen (secondary N) is 1. The quantitative estimate of drug-likeness (QED) is 0.527. The summed E-state index contributed by atoms with van der Waals surface area (Å²) in [6, 6.07) is 2.48. The van der Waals surface area contributed by atoms with Gasteiger partial charge in [0.15, 0.2) is 0 Å². The first kappa shape index (κ1) is 24.8. The molecule has 0 aliphatic carbocycles. The van der Waals surface area contributed by atoms with Gasteiger partial charge in [-0.25, -0.2) is 0 Å². The predicted octanol–water partition coefficient (Wildman–Crippen LogP) is 2.43. The lowest BCUT2D eigenvalue weighted by Crippen LogP contribution is -2.51. The van der Waals surface area contributed by atoms with E-state index in [0.29, 0.717) is 24.2 Å². The summed E-state index contributed by atoms with van der Waals surface area (Å²) >= 11 is 0. The van der Waals surface area contributed by atoms with Gasteiger partial charge >= 0.3 is 0 Å². The van der Waals surface area contributed by atoms with Gasteiger partial charge in [-0.05, 0) is 41.5 Å². The number of hydrogen-bond donors (Lipinski definition) is 1. The molecule has 0 radical (unpaired) electrons. The van der Waals surface area contributed by atoms with Crippen molar-refractivity contribution in [1.29, 1.82) is 0 Å². The fourth-order valence-electron chi connectivity index (χ4n) is 4.00. The van der Waals surface area contributed by atoms with Gasteiger partial charge in [-0.15, -0.1) is 0 Å². The molecule has 0 aromatic heterocycles. The first-order chi connectivity index (χ1) is 12.7.